The molecule has 0 spiro atoms. The van der Waals surface area contributed by atoms with Crippen LogP contribution in [0, 0.1) is 0 Å². The predicted molar refractivity (Wildman–Crippen MR) is 78.3 cm³/mol. The van der Waals surface area contributed by atoms with Crippen molar-refractivity contribution in [2.75, 3.05) is 0 Å². The van der Waals surface area contributed by atoms with E-state index in [-0.39, 0.29) is 12.2 Å². The van der Waals surface area contributed by atoms with Crippen LogP contribution in [0.15, 0.2) is 59.1 Å². The third kappa shape index (κ3) is 3.61. The van der Waals surface area contributed by atoms with Gasteiger partial charge < -0.3 is 4.79 Å². The van der Waals surface area contributed by atoms with E-state index in [0.717, 1.165) is 16.3 Å². The largest absolute Gasteiger partial charge is 0.303 e. The molecule has 0 fully saturated rings. The highest BCUT2D eigenvalue weighted by atomic mass is 79.9. The summed E-state index contributed by atoms with van der Waals surface area (Å²) in [5, 5.41) is 0. The van der Waals surface area contributed by atoms with Crippen molar-refractivity contribution in [2.45, 2.75) is 12.3 Å². The molecule has 0 aliphatic heterocycles. The van der Waals surface area contributed by atoms with Crippen LogP contribution in [0.3, 0.4) is 0 Å². The highest BCUT2D eigenvalue weighted by Gasteiger charge is 2.16. The molecule has 0 N–H and O–H groups in total. The monoisotopic (exact) mass is 316 g/mol. The quantitative estimate of drug-likeness (QED) is 0.617. The van der Waals surface area contributed by atoms with Gasteiger partial charge in [-0.1, -0.05) is 58.4 Å². The Morgan fingerprint density at radius 1 is 1.11 bits per heavy atom. The second-order valence-electron chi connectivity index (χ2n) is 4.29. The van der Waals surface area contributed by atoms with Crippen molar-refractivity contribution in [3.05, 3.63) is 70.2 Å². The third-order valence-electron chi connectivity index (χ3n) is 2.94. The lowest BCUT2D eigenvalue weighted by Gasteiger charge is -2.10. The lowest BCUT2D eigenvalue weighted by Crippen LogP contribution is -2.08. The lowest BCUT2D eigenvalue weighted by atomic mass is 9.93. The van der Waals surface area contributed by atoms with Gasteiger partial charge in [0.1, 0.15) is 6.29 Å². The summed E-state index contributed by atoms with van der Waals surface area (Å²) in [6.07, 6.45) is 1.03. The van der Waals surface area contributed by atoms with E-state index in [0.29, 0.717) is 5.56 Å². The number of rotatable bonds is 5. The fraction of sp³-hybridized carbons (Fsp3) is 0.125. The van der Waals surface area contributed by atoms with E-state index in [1.54, 1.807) is 12.1 Å². The molecule has 96 valence electrons. The summed E-state index contributed by atoms with van der Waals surface area (Å²) in [7, 11) is 0. The van der Waals surface area contributed by atoms with Crippen molar-refractivity contribution in [2.24, 2.45) is 0 Å². The standard InChI is InChI=1S/C16H13BrO2/c17-15-8-4-7-13(9-15)14(11-18)10-16(19)12-5-2-1-3-6-12/h1-9,11,14H,10H2. The molecule has 0 radical (unpaired) electrons. The number of hydrogen-bond acceptors (Lipinski definition) is 2. The van der Waals surface area contributed by atoms with Crippen LogP contribution in [0.2, 0.25) is 0 Å². The number of carbonyl (C=O) groups is 2. The second-order valence-corrected chi connectivity index (χ2v) is 5.21. The van der Waals surface area contributed by atoms with Crippen LogP contribution in [0.5, 0.6) is 0 Å². The molecule has 0 amide bonds. The van der Waals surface area contributed by atoms with E-state index in [4.69, 9.17) is 0 Å². The topological polar surface area (TPSA) is 34.1 Å². The van der Waals surface area contributed by atoms with Gasteiger partial charge in [-0.15, -0.1) is 0 Å². The molecule has 0 aliphatic rings. The highest BCUT2D eigenvalue weighted by molar-refractivity contribution is 9.10. The van der Waals surface area contributed by atoms with Crippen molar-refractivity contribution >= 4 is 28.0 Å². The molecule has 0 saturated carbocycles. The molecular formula is C16H13BrO2. The van der Waals surface area contributed by atoms with Gasteiger partial charge in [0.15, 0.2) is 5.78 Å². The van der Waals surface area contributed by atoms with E-state index in [2.05, 4.69) is 15.9 Å². The van der Waals surface area contributed by atoms with Crippen molar-refractivity contribution in [3.63, 3.8) is 0 Å². The minimum Gasteiger partial charge on any atom is -0.303 e. The van der Waals surface area contributed by atoms with Crippen molar-refractivity contribution in [1.82, 2.24) is 0 Å². The van der Waals surface area contributed by atoms with Gasteiger partial charge in [-0.3, -0.25) is 4.79 Å². The Balaban J connectivity index is 2.16. The van der Waals surface area contributed by atoms with Gasteiger partial charge in [-0.25, -0.2) is 0 Å². The molecule has 0 heterocycles. The fourth-order valence-electron chi connectivity index (χ4n) is 1.92. The maximum atomic E-state index is 12.1. The zero-order valence-corrected chi connectivity index (χ0v) is 11.8. The minimum atomic E-state index is -0.398. The second kappa shape index (κ2) is 6.43. The molecule has 0 saturated heterocycles. The SMILES string of the molecule is O=CC(CC(=O)c1ccccc1)c1cccc(Br)c1. The Bertz CT molecular complexity index is 578. The van der Waals surface area contributed by atoms with Crippen molar-refractivity contribution in [3.8, 4) is 0 Å². The van der Waals surface area contributed by atoms with Crippen LogP contribution in [0.25, 0.3) is 0 Å². The fourth-order valence-corrected chi connectivity index (χ4v) is 2.34. The molecule has 0 aromatic heterocycles. The Labute approximate surface area is 120 Å². The summed E-state index contributed by atoms with van der Waals surface area (Å²) in [4.78, 5) is 23.3. The summed E-state index contributed by atoms with van der Waals surface area (Å²) >= 11 is 3.37. The van der Waals surface area contributed by atoms with Gasteiger partial charge in [0.05, 0.1) is 0 Å². The van der Waals surface area contributed by atoms with Gasteiger partial charge in [0.2, 0.25) is 0 Å². The Morgan fingerprint density at radius 2 is 1.84 bits per heavy atom. The van der Waals surface area contributed by atoms with E-state index < -0.39 is 5.92 Å². The zero-order valence-electron chi connectivity index (χ0n) is 10.3. The Kier molecular flexibility index (Phi) is 4.63. The van der Waals surface area contributed by atoms with E-state index in [1.165, 1.54) is 0 Å². The number of Topliss-reactive ketones (excluding diaryl/α,β-unsaturated/α-hetero) is 1. The number of aldehydes is 1. The first kappa shape index (κ1) is 13.7. The molecule has 0 aliphatic carbocycles. The summed E-state index contributed by atoms with van der Waals surface area (Å²) in [5.41, 5.74) is 1.50. The predicted octanol–water partition coefficient (Wildman–Crippen LogP) is 4.00. The first-order valence-corrected chi connectivity index (χ1v) is 6.79. The summed E-state index contributed by atoms with van der Waals surface area (Å²) in [5.74, 6) is -0.414. The van der Waals surface area contributed by atoms with E-state index in [9.17, 15) is 9.59 Å². The number of carbonyl (C=O) groups excluding carboxylic acids is 2. The van der Waals surface area contributed by atoms with Crippen LogP contribution in [0.1, 0.15) is 28.3 Å². The van der Waals surface area contributed by atoms with Crippen LogP contribution in [0.4, 0.5) is 0 Å². The van der Waals surface area contributed by atoms with Crippen LogP contribution >= 0.6 is 15.9 Å². The van der Waals surface area contributed by atoms with Gasteiger partial charge in [-0.2, -0.15) is 0 Å². The molecular weight excluding hydrogens is 304 g/mol. The molecule has 2 aromatic rings. The van der Waals surface area contributed by atoms with Crippen LogP contribution < -0.4 is 0 Å². The summed E-state index contributed by atoms with van der Waals surface area (Å²) in [6.45, 7) is 0. The molecule has 1 atom stereocenters. The van der Waals surface area contributed by atoms with Crippen molar-refractivity contribution in [1.29, 1.82) is 0 Å². The first-order valence-electron chi connectivity index (χ1n) is 5.99. The number of ketones is 1. The third-order valence-corrected chi connectivity index (χ3v) is 3.44. The summed E-state index contributed by atoms with van der Waals surface area (Å²) in [6, 6.07) is 16.5. The van der Waals surface area contributed by atoms with Gasteiger partial charge >= 0.3 is 0 Å². The maximum Gasteiger partial charge on any atom is 0.163 e. The number of benzene rings is 2. The number of halogens is 1. The molecule has 1 unspecified atom stereocenters. The molecule has 19 heavy (non-hydrogen) atoms. The molecule has 3 heteroatoms. The van der Waals surface area contributed by atoms with E-state index >= 15 is 0 Å². The van der Waals surface area contributed by atoms with Crippen LogP contribution in [-0.4, -0.2) is 12.1 Å². The smallest absolute Gasteiger partial charge is 0.163 e. The average Bonchev–Trinajstić information content (AvgIpc) is 2.45. The molecule has 2 aromatic carbocycles. The molecule has 0 bridgehead atoms. The van der Waals surface area contributed by atoms with E-state index in [1.807, 2.05) is 42.5 Å². The maximum absolute atomic E-state index is 12.1. The van der Waals surface area contributed by atoms with Gasteiger partial charge in [0, 0.05) is 22.4 Å². The van der Waals surface area contributed by atoms with Gasteiger partial charge in [0.25, 0.3) is 0 Å². The summed E-state index contributed by atoms with van der Waals surface area (Å²) < 4.78 is 0.906. The number of hydrogen-bond donors (Lipinski definition) is 0. The Hall–Kier alpha value is -1.74. The molecule has 2 nitrogen and oxygen atoms in total. The van der Waals surface area contributed by atoms with Crippen LogP contribution in [-0.2, 0) is 4.79 Å². The minimum absolute atomic E-state index is 0.0160. The highest BCUT2D eigenvalue weighted by Crippen LogP contribution is 2.23. The average molecular weight is 317 g/mol. The first-order chi connectivity index (χ1) is 9.20. The zero-order chi connectivity index (χ0) is 13.7. The Morgan fingerprint density at radius 3 is 2.47 bits per heavy atom. The normalized spacial score (nSPS) is 11.8. The lowest BCUT2D eigenvalue weighted by molar-refractivity contribution is -0.109. The van der Waals surface area contributed by atoms with Gasteiger partial charge in [-0.05, 0) is 17.7 Å². The van der Waals surface area contributed by atoms with Crippen molar-refractivity contribution < 1.29 is 9.59 Å². The molecule has 2 rings (SSSR count).